The Kier molecular flexibility index (Phi) is 6.31. The number of nitro groups is 1. The Morgan fingerprint density at radius 2 is 1.79 bits per heavy atom. The number of methoxy groups -OCH3 is 2. The van der Waals surface area contributed by atoms with Crippen molar-refractivity contribution in [2.24, 2.45) is 5.10 Å². The molecule has 9 heteroatoms. The summed E-state index contributed by atoms with van der Waals surface area (Å²) in [6, 6.07) is 21.4. The van der Waals surface area contributed by atoms with E-state index in [1.807, 2.05) is 54.7 Å². The molecule has 166 valence electrons. The standard InChI is InChI=1S/C24H21N5O4/c1-32-22-12-11-17(13-23(22)33-2)24-18(16-28(27-24)20-8-4-3-5-9-20)15-25-26-19-7-6-10-21(14-19)29(30)31/h3-16,26H,1-2H3. The number of para-hydroxylation sites is 1. The number of rotatable bonds is 8. The first-order valence-corrected chi connectivity index (χ1v) is 10.00. The van der Waals surface area contributed by atoms with E-state index in [2.05, 4.69) is 10.5 Å². The summed E-state index contributed by atoms with van der Waals surface area (Å²) < 4.78 is 12.5. The second-order valence-electron chi connectivity index (χ2n) is 6.96. The molecule has 1 heterocycles. The molecule has 3 aromatic carbocycles. The third-order valence-corrected chi connectivity index (χ3v) is 4.87. The number of ether oxygens (including phenoxy) is 2. The fraction of sp³-hybridized carbons (Fsp3) is 0.0833. The highest BCUT2D eigenvalue weighted by Crippen LogP contribution is 2.33. The maximum atomic E-state index is 11.0. The number of hydrogen-bond donors (Lipinski definition) is 1. The van der Waals surface area contributed by atoms with Gasteiger partial charge in [-0.3, -0.25) is 15.5 Å². The van der Waals surface area contributed by atoms with Gasteiger partial charge < -0.3 is 9.47 Å². The number of aromatic nitrogens is 2. The Hall–Kier alpha value is -4.66. The molecular weight excluding hydrogens is 422 g/mol. The Bertz CT molecular complexity index is 1300. The minimum absolute atomic E-state index is 0.0156. The number of nitrogens with one attached hydrogen (secondary N) is 1. The molecule has 9 nitrogen and oxygen atoms in total. The minimum Gasteiger partial charge on any atom is -0.493 e. The molecule has 0 saturated heterocycles. The Morgan fingerprint density at radius 1 is 1.00 bits per heavy atom. The lowest BCUT2D eigenvalue weighted by Crippen LogP contribution is -1.95. The van der Waals surface area contributed by atoms with Gasteiger partial charge in [0.2, 0.25) is 0 Å². The molecular formula is C24H21N5O4. The van der Waals surface area contributed by atoms with E-state index in [1.54, 1.807) is 37.2 Å². The van der Waals surface area contributed by atoms with Crippen LogP contribution < -0.4 is 14.9 Å². The zero-order chi connectivity index (χ0) is 23.2. The fourth-order valence-electron chi connectivity index (χ4n) is 3.27. The van der Waals surface area contributed by atoms with Crippen molar-refractivity contribution >= 4 is 17.6 Å². The molecule has 0 amide bonds. The van der Waals surface area contributed by atoms with Crippen LogP contribution in [0.3, 0.4) is 0 Å². The van der Waals surface area contributed by atoms with E-state index in [0.29, 0.717) is 22.9 Å². The van der Waals surface area contributed by atoms with E-state index in [0.717, 1.165) is 16.8 Å². The van der Waals surface area contributed by atoms with Gasteiger partial charge in [0.1, 0.15) is 5.69 Å². The monoisotopic (exact) mass is 443 g/mol. The number of anilines is 1. The predicted octanol–water partition coefficient (Wildman–Crippen LogP) is 4.91. The quantitative estimate of drug-likeness (QED) is 0.236. The smallest absolute Gasteiger partial charge is 0.271 e. The van der Waals surface area contributed by atoms with Crippen molar-refractivity contribution < 1.29 is 14.4 Å². The molecule has 0 bridgehead atoms. The Morgan fingerprint density at radius 3 is 2.52 bits per heavy atom. The molecule has 1 aromatic heterocycles. The van der Waals surface area contributed by atoms with Crippen LogP contribution in [0.2, 0.25) is 0 Å². The van der Waals surface area contributed by atoms with Crippen LogP contribution in [0, 0.1) is 10.1 Å². The van der Waals surface area contributed by atoms with Crippen LogP contribution in [0.1, 0.15) is 5.56 Å². The second-order valence-corrected chi connectivity index (χ2v) is 6.96. The molecule has 0 radical (unpaired) electrons. The molecule has 0 saturated carbocycles. The molecule has 0 aliphatic carbocycles. The summed E-state index contributed by atoms with van der Waals surface area (Å²) >= 11 is 0. The molecule has 0 spiro atoms. The van der Waals surface area contributed by atoms with Gasteiger partial charge in [-0.15, -0.1) is 0 Å². The van der Waals surface area contributed by atoms with Gasteiger partial charge in [-0.05, 0) is 36.4 Å². The van der Waals surface area contributed by atoms with E-state index in [-0.39, 0.29) is 5.69 Å². The minimum atomic E-state index is -0.450. The summed E-state index contributed by atoms with van der Waals surface area (Å²) in [5.41, 5.74) is 6.46. The maximum Gasteiger partial charge on any atom is 0.271 e. The molecule has 0 unspecified atom stereocenters. The van der Waals surface area contributed by atoms with Gasteiger partial charge in [0.15, 0.2) is 11.5 Å². The number of nitrogens with zero attached hydrogens (tertiary/aromatic N) is 4. The van der Waals surface area contributed by atoms with Crippen LogP contribution >= 0.6 is 0 Å². The molecule has 0 aliphatic heterocycles. The van der Waals surface area contributed by atoms with Crippen LogP contribution in [-0.4, -0.2) is 35.1 Å². The van der Waals surface area contributed by atoms with Crippen LogP contribution in [0.5, 0.6) is 11.5 Å². The van der Waals surface area contributed by atoms with Gasteiger partial charge in [0.05, 0.1) is 36.7 Å². The first-order valence-electron chi connectivity index (χ1n) is 10.00. The highest BCUT2D eigenvalue weighted by atomic mass is 16.6. The number of hydrogen-bond acceptors (Lipinski definition) is 7. The molecule has 4 aromatic rings. The lowest BCUT2D eigenvalue weighted by Gasteiger charge is -2.09. The van der Waals surface area contributed by atoms with Crippen molar-refractivity contribution in [2.45, 2.75) is 0 Å². The predicted molar refractivity (Wildman–Crippen MR) is 126 cm³/mol. The van der Waals surface area contributed by atoms with E-state index in [4.69, 9.17) is 14.6 Å². The van der Waals surface area contributed by atoms with Gasteiger partial charge >= 0.3 is 0 Å². The van der Waals surface area contributed by atoms with Gasteiger partial charge in [0, 0.05) is 29.5 Å². The molecule has 0 atom stereocenters. The number of hydrazone groups is 1. The normalized spacial score (nSPS) is 10.8. The average Bonchev–Trinajstić information content (AvgIpc) is 3.28. The zero-order valence-electron chi connectivity index (χ0n) is 18.0. The van der Waals surface area contributed by atoms with Crippen molar-refractivity contribution in [1.29, 1.82) is 0 Å². The second kappa shape index (κ2) is 9.65. The topological polar surface area (TPSA) is 104 Å². The Labute approximate surface area is 190 Å². The highest BCUT2D eigenvalue weighted by molar-refractivity contribution is 5.89. The largest absolute Gasteiger partial charge is 0.493 e. The lowest BCUT2D eigenvalue weighted by atomic mass is 10.1. The molecule has 0 aliphatic rings. The summed E-state index contributed by atoms with van der Waals surface area (Å²) in [5.74, 6) is 1.20. The van der Waals surface area contributed by atoms with Gasteiger partial charge in [-0.2, -0.15) is 10.2 Å². The molecule has 33 heavy (non-hydrogen) atoms. The van der Waals surface area contributed by atoms with Gasteiger partial charge in [-0.25, -0.2) is 4.68 Å². The van der Waals surface area contributed by atoms with E-state index in [9.17, 15) is 10.1 Å². The van der Waals surface area contributed by atoms with E-state index < -0.39 is 4.92 Å². The molecule has 1 N–H and O–H groups in total. The fourth-order valence-corrected chi connectivity index (χ4v) is 3.27. The van der Waals surface area contributed by atoms with Crippen molar-refractivity contribution in [2.75, 3.05) is 19.6 Å². The number of nitro benzene ring substituents is 1. The van der Waals surface area contributed by atoms with Crippen molar-refractivity contribution in [3.05, 3.63) is 94.7 Å². The molecule has 4 rings (SSSR count). The van der Waals surface area contributed by atoms with Gasteiger partial charge in [0.25, 0.3) is 5.69 Å². The third kappa shape index (κ3) is 4.82. The summed E-state index contributed by atoms with van der Waals surface area (Å²) in [6.45, 7) is 0. The summed E-state index contributed by atoms with van der Waals surface area (Å²) in [4.78, 5) is 10.5. The van der Waals surface area contributed by atoms with Crippen LogP contribution in [-0.2, 0) is 0 Å². The SMILES string of the molecule is COc1ccc(-c2nn(-c3ccccc3)cc2C=NNc2cccc([N+](=O)[O-])c2)cc1OC. The van der Waals surface area contributed by atoms with Crippen molar-refractivity contribution in [3.8, 4) is 28.4 Å². The molecule has 0 fully saturated rings. The van der Waals surface area contributed by atoms with Crippen molar-refractivity contribution in [3.63, 3.8) is 0 Å². The first-order chi connectivity index (χ1) is 16.1. The van der Waals surface area contributed by atoms with Crippen LogP contribution in [0.25, 0.3) is 16.9 Å². The third-order valence-electron chi connectivity index (χ3n) is 4.87. The van der Waals surface area contributed by atoms with Gasteiger partial charge in [-0.1, -0.05) is 24.3 Å². The number of benzene rings is 3. The average molecular weight is 443 g/mol. The summed E-state index contributed by atoms with van der Waals surface area (Å²) in [5, 5.41) is 20.0. The summed E-state index contributed by atoms with van der Waals surface area (Å²) in [6.07, 6.45) is 3.48. The van der Waals surface area contributed by atoms with Crippen molar-refractivity contribution in [1.82, 2.24) is 9.78 Å². The highest BCUT2D eigenvalue weighted by Gasteiger charge is 2.14. The lowest BCUT2D eigenvalue weighted by molar-refractivity contribution is -0.384. The van der Waals surface area contributed by atoms with Crippen LogP contribution in [0.4, 0.5) is 11.4 Å². The zero-order valence-corrected chi connectivity index (χ0v) is 18.0. The number of non-ortho nitro benzene ring substituents is 1. The Balaban J connectivity index is 1.70. The van der Waals surface area contributed by atoms with E-state index >= 15 is 0 Å². The maximum absolute atomic E-state index is 11.0. The van der Waals surface area contributed by atoms with E-state index in [1.165, 1.54) is 12.1 Å². The van der Waals surface area contributed by atoms with Crippen LogP contribution in [0.15, 0.2) is 84.1 Å². The first kappa shape index (κ1) is 21.6. The summed E-state index contributed by atoms with van der Waals surface area (Å²) in [7, 11) is 3.16.